The van der Waals surface area contributed by atoms with Crippen molar-refractivity contribution < 1.29 is 14.0 Å². The predicted octanol–water partition coefficient (Wildman–Crippen LogP) is 3.41. The molecule has 3 aromatic rings. The second kappa shape index (κ2) is 8.46. The normalized spacial score (nSPS) is 13.3. The van der Waals surface area contributed by atoms with Crippen LogP contribution in [0.4, 0.5) is 14.3 Å². The second-order valence-corrected chi connectivity index (χ2v) is 8.75. The molecule has 0 fully saturated rings. The maximum absolute atomic E-state index is 13.2. The van der Waals surface area contributed by atoms with E-state index in [0.29, 0.717) is 36.0 Å². The van der Waals surface area contributed by atoms with Gasteiger partial charge in [0.05, 0.1) is 17.9 Å². The summed E-state index contributed by atoms with van der Waals surface area (Å²) in [6, 6.07) is 7.48. The number of benzene rings is 1. The first kappa shape index (κ1) is 21.0. The monoisotopic (exact) mass is 442 g/mol. The lowest BCUT2D eigenvalue weighted by atomic mass is 10.1. The van der Waals surface area contributed by atoms with Gasteiger partial charge in [-0.15, -0.1) is 0 Å². The number of nitrogens with zero attached hydrogens (tertiary/aromatic N) is 4. The van der Waals surface area contributed by atoms with E-state index in [1.165, 1.54) is 23.5 Å². The van der Waals surface area contributed by atoms with E-state index in [2.05, 4.69) is 20.7 Å². The quantitative estimate of drug-likeness (QED) is 0.648. The van der Waals surface area contributed by atoms with E-state index in [4.69, 9.17) is 0 Å². The van der Waals surface area contributed by atoms with Crippen LogP contribution in [-0.4, -0.2) is 44.2 Å². The van der Waals surface area contributed by atoms with E-state index in [1.807, 2.05) is 13.8 Å². The molecule has 0 bridgehead atoms. The zero-order valence-electron chi connectivity index (χ0n) is 17.5. The Bertz CT molecular complexity index is 1120. The van der Waals surface area contributed by atoms with Crippen molar-refractivity contribution in [1.82, 2.24) is 25.0 Å². The van der Waals surface area contributed by atoms with Crippen LogP contribution in [0.5, 0.6) is 0 Å². The molecule has 4 rings (SSSR count). The molecule has 2 aromatic heterocycles. The minimum Gasteiger partial charge on any atom is -0.336 e. The van der Waals surface area contributed by atoms with Gasteiger partial charge in [0.15, 0.2) is 5.13 Å². The average Bonchev–Trinajstić information content (AvgIpc) is 3.29. The summed E-state index contributed by atoms with van der Waals surface area (Å²) in [5.41, 5.74) is 2.73. The highest BCUT2D eigenvalue weighted by atomic mass is 32.1. The highest BCUT2D eigenvalue weighted by Gasteiger charge is 2.27. The van der Waals surface area contributed by atoms with Crippen molar-refractivity contribution >= 4 is 28.4 Å². The summed E-state index contributed by atoms with van der Waals surface area (Å²) in [7, 11) is 1.72. The number of carbonyl (C=O) groups is 2. The van der Waals surface area contributed by atoms with Crippen LogP contribution in [0.25, 0.3) is 11.3 Å². The Labute approximate surface area is 183 Å². The van der Waals surface area contributed by atoms with Gasteiger partial charge in [-0.25, -0.2) is 14.2 Å². The molecular weight excluding hydrogens is 419 g/mol. The molecule has 0 saturated carbocycles. The fourth-order valence-electron chi connectivity index (χ4n) is 3.41. The number of aromatic nitrogens is 3. The summed E-state index contributed by atoms with van der Waals surface area (Å²) in [5, 5.41) is 10.5. The number of rotatable bonds is 4. The first-order valence-corrected chi connectivity index (χ1v) is 10.8. The van der Waals surface area contributed by atoms with Crippen LogP contribution >= 0.6 is 11.3 Å². The Morgan fingerprint density at radius 3 is 2.68 bits per heavy atom. The number of halogens is 1. The molecule has 0 radical (unpaired) electrons. The smallest absolute Gasteiger partial charge is 0.321 e. The zero-order chi connectivity index (χ0) is 22.1. The molecule has 1 aromatic carbocycles. The lowest BCUT2D eigenvalue weighted by molar-refractivity contribution is 0.0725. The molecule has 2 N–H and O–H groups in total. The largest absolute Gasteiger partial charge is 0.336 e. The number of urea groups is 1. The van der Waals surface area contributed by atoms with E-state index in [0.717, 1.165) is 16.1 Å². The summed E-state index contributed by atoms with van der Waals surface area (Å²) in [5.74, 6) is -0.449. The first-order chi connectivity index (χ1) is 14.8. The van der Waals surface area contributed by atoms with Gasteiger partial charge in [0.1, 0.15) is 11.5 Å². The Balaban J connectivity index is 1.48. The Morgan fingerprint density at radius 1 is 1.23 bits per heavy atom. The first-order valence-electron chi connectivity index (χ1n) is 9.95. The van der Waals surface area contributed by atoms with Crippen molar-refractivity contribution in [1.29, 1.82) is 0 Å². The fraction of sp³-hybridized carbons (Fsp3) is 0.333. The SMILES string of the molecule is CC(C)NC(=O)Nc1nc2c(s1)CN(C(=O)c1cc(-c3ccc(F)cc3)nn1C)CC2. The summed E-state index contributed by atoms with van der Waals surface area (Å²) in [6.07, 6.45) is 0.619. The van der Waals surface area contributed by atoms with Gasteiger partial charge in [-0.2, -0.15) is 5.10 Å². The molecule has 1 aliphatic rings. The van der Waals surface area contributed by atoms with Crippen molar-refractivity contribution in [2.45, 2.75) is 32.9 Å². The number of carbonyl (C=O) groups excluding carboxylic acids is 2. The average molecular weight is 443 g/mol. The number of fused-ring (bicyclic) bond motifs is 1. The summed E-state index contributed by atoms with van der Waals surface area (Å²) >= 11 is 1.38. The number of anilines is 1. The van der Waals surface area contributed by atoms with Crippen molar-refractivity contribution in [3.63, 3.8) is 0 Å². The van der Waals surface area contributed by atoms with Gasteiger partial charge in [0.2, 0.25) is 0 Å². The van der Waals surface area contributed by atoms with Gasteiger partial charge in [-0.1, -0.05) is 11.3 Å². The topological polar surface area (TPSA) is 92.2 Å². The van der Waals surface area contributed by atoms with Crippen LogP contribution in [0.1, 0.15) is 34.9 Å². The molecule has 0 spiro atoms. The van der Waals surface area contributed by atoms with Gasteiger partial charge < -0.3 is 10.2 Å². The van der Waals surface area contributed by atoms with Crippen molar-refractivity contribution in [2.24, 2.45) is 7.05 Å². The fourth-order valence-corrected chi connectivity index (χ4v) is 4.43. The number of hydrogen-bond acceptors (Lipinski definition) is 5. The maximum atomic E-state index is 13.2. The zero-order valence-corrected chi connectivity index (χ0v) is 18.3. The van der Waals surface area contributed by atoms with Crippen LogP contribution in [0, 0.1) is 5.82 Å². The minimum atomic E-state index is -0.319. The lowest BCUT2D eigenvalue weighted by Gasteiger charge is -2.25. The van der Waals surface area contributed by atoms with Gasteiger partial charge in [-0.3, -0.25) is 14.8 Å². The predicted molar refractivity (Wildman–Crippen MR) is 116 cm³/mol. The van der Waals surface area contributed by atoms with Crippen LogP contribution in [0.15, 0.2) is 30.3 Å². The summed E-state index contributed by atoms with van der Waals surface area (Å²) < 4.78 is 14.7. The van der Waals surface area contributed by atoms with Crippen LogP contribution in [0.2, 0.25) is 0 Å². The van der Waals surface area contributed by atoms with E-state index in [9.17, 15) is 14.0 Å². The minimum absolute atomic E-state index is 0.0291. The van der Waals surface area contributed by atoms with Crippen molar-refractivity contribution in [3.05, 3.63) is 52.4 Å². The Kier molecular flexibility index (Phi) is 5.73. The molecule has 0 atom stereocenters. The third kappa shape index (κ3) is 4.58. The molecule has 3 amide bonds. The number of hydrogen-bond donors (Lipinski definition) is 2. The lowest BCUT2D eigenvalue weighted by Crippen LogP contribution is -2.36. The number of aryl methyl sites for hydroxylation is 1. The molecule has 1 aliphatic heterocycles. The molecule has 0 saturated heterocycles. The molecular formula is C21H23FN6O2S. The van der Waals surface area contributed by atoms with Gasteiger partial charge >= 0.3 is 6.03 Å². The van der Waals surface area contributed by atoms with Gasteiger partial charge in [0, 0.05) is 36.5 Å². The Hall–Kier alpha value is -3.27. The molecule has 0 unspecified atom stereocenters. The summed E-state index contributed by atoms with van der Waals surface area (Å²) in [6.45, 7) is 4.73. The van der Waals surface area contributed by atoms with E-state index < -0.39 is 0 Å². The third-order valence-corrected chi connectivity index (χ3v) is 5.90. The second-order valence-electron chi connectivity index (χ2n) is 7.66. The van der Waals surface area contributed by atoms with Crippen LogP contribution in [0.3, 0.4) is 0 Å². The van der Waals surface area contributed by atoms with Crippen molar-refractivity contribution in [2.75, 3.05) is 11.9 Å². The molecule has 10 heteroatoms. The van der Waals surface area contributed by atoms with Crippen LogP contribution < -0.4 is 10.6 Å². The maximum Gasteiger partial charge on any atom is 0.321 e. The number of thiazole rings is 1. The Morgan fingerprint density at radius 2 is 1.97 bits per heavy atom. The van der Waals surface area contributed by atoms with E-state index >= 15 is 0 Å². The van der Waals surface area contributed by atoms with Gasteiger partial charge in [0.25, 0.3) is 5.91 Å². The summed E-state index contributed by atoms with van der Waals surface area (Å²) in [4.78, 5) is 32.3. The molecule has 3 heterocycles. The number of nitrogens with one attached hydrogen (secondary N) is 2. The third-order valence-electron chi connectivity index (χ3n) is 4.90. The molecule has 8 nitrogen and oxygen atoms in total. The van der Waals surface area contributed by atoms with Crippen LogP contribution in [-0.2, 0) is 20.0 Å². The standard InChI is InChI=1S/C21H23FN6O2S/c1-12(2)23-20(30)25-21-24-15-8-9-28(11-18(15)31-21)19(29)17-10-16(26-27(17)3)13-4-6-14(22)7-5-13/h4-7,10,12H,8-9,11H2,1-3H3,(H2,23,24,25,30). The molecule has 31 heavy (non-hydrogen) atoms. The highest BCUT2D eigenvalue weighted by Crippen LogP contribution is 2.29. The molecule has 0 aliphatic carbocycles. The number of amides is 3. The highest BCUT2D eigenvalue weighted by molar-refractivity contribution is 7.15. The molecule has 162 valence electrons. The van der Waals surface area contributed by atoms with E-state index in [-0.39, 0.29) is 23.8 Å². The van der Waals surface area contributed by atoms with E-state index in [1.54, 1.807) is 34.8 Å². The van der Waals surface area contributed by atoms with Crippen molar-refractivity contribution in [3.8, 4) is 11.3 Å². The van der Waals surface area contributed by atoms with Gasteiger partial charge in [-0.05, 0) is 44.2 Å².